The first-order valence-electron chi connectivity index (χ1n) is 31.4. The van der Waals surface area contributed by atoms with E-state index in [2.05, 4.69) is 149 Å². The summed E-state index contributed by atoms with van der Waals surface area (Å²) in [6.45, 7) is 33.9. The molecule has 2 aliphatic rings. The fourth-order valence-corrected chi connectivity index (χ4v) is 12.3. The molecule has 0 bridgehead atoms. The van der Waals surface area contributed by atoms with E-state index in [1.807, 2.05) is 60.7 Å². The number of aryl methyl sites for hydroxylation is 1. The van der Waals surface area contributed by atoms with E-state index in [-0.39, 0.29) is 58.9 Å². The van der Waals surface area contributed by atoms with Gasteiger partial charge in [-0.3, -0.25) is 28.8 Å². The lowest BCUT2D eigenvalue weighted by molar-refractivity contribution is -0.173. The normalized spacial score (nSPS) is 12.8. The van der Waals surface area contributed by atoms with Crippen LogP contribution in [0.2, 0.25) is 58.9 Å². The molecule has 4 aromatic carbocycles. The van der Waals surface area contributed by atoms with E-state index in [4.69, 9.17) is 41.3 Å². The number of esters is 6. The van der Waals surface area contributed by atoms with Crippen molar-refractivity contribution in [1.29, 1.82) is 0 Å². The summed E-state index contributed by atoms with van der Waals surface area (Å²) in [4.78, 5) is 75.1. The molecule has 0 atom stereocenters. The molecule has 0 aliphatic heterocycles. The van der Waals surface area contributed by atoms with Gasteiger partial charge in [0, 0.05) is 35.1 Å². The third kappa shape index (κ3) is 22.9. The number of hydrogen-bond acceptors (Lipinski definition) is 12. The zero-order chi connectivity index (χ0) is 68.1. The molecule has 2 aliphatic carbocycles. The number of carbonyl (C=O) groups is 6. The largest absolute Gasteiger partial charge is 0.465 e. The quantitative estimate of drug-likeness (QED) is 0.0306. The summed E-state index contributed by atoms with van der Waals surface area (Å²) in [5, 5.41) is 1.23. The van der Waals surface area contributed by atoms with Gasteiger partial charge in [-0.05, 0) is 161 Å². The van der Waals surface area contributed by atoms with Crippen molar-refractivity contribution in [2.24, 2.45) is 16.2 Å². The van der Waals surface area contributed by atoms with Crippen LogP contribution in [0.3, 0.4) is 0 Å². The summed E-state index contributed by atoms with van der Waals surface area (Å²) < 4.78 is 30.9. The van der Waals surface area contributed by atoms with Gasteiger partial charge < -0.3 is 28.4 Å². The van der Waals surface area contributed by atoms with E-state index in [1.54, 1.807) is 41.5 Å². The molecular formula is C76H94O12Si3. The van der Waals surface area contributed by atoms with Gasteiger partial charge in [-0.1, -0.05) is 144 Å². The second-order valence-electron chi connectivity index (χ2n) is 25.1. The molecule has 0 saturated heterocycles. The van der Waals surface area contributed by atoms with Gasteiger partial charge in [0.15, 0.2) is 16.2 Å². The van der Waals surface area contributed by atoms with Crippen molar-refractivity contribution >= 4 is 65.2 Å². The molecule has 4 aromatic rings. The van der Waals surface area contributed by atoms with Crippen LogP contribution >= 0.6 is 0 Å². The average Bonchev–Trinajstić information content (AvgIpc) is 1.70. The second kappa shape index (κ2) is 36.5. The molecule has 482 valence electrons. The first-order valence-corrected chi connectivity index (χ1v) is 41.9. The molecule has 91 heavy (non-hydrogen) atoms. The minimum absolute atomic E-state index is 0.130. The Morgan fingerprint density at radius 3 is 1.22 bits per heavy atom. The third-order valence-electron chi connectivity index (χ3n) is 14.3. The van der Waals surface area contributed by atoms with Crippen molar-refractivity contribution < 1.29 is 57.2 Å². The van der Waals surface area contributed by atoms with Gasteiger partial charge in [0.2, 0.25) is 0 Å². The third-order valence-corrected chi connectivity index (χ3v) is 18.1. The number of terminal acetylenes is 2. The van der Waals surface area contributed by atoms with Crippen molar-refractivity contribution in [3.63, 3.8) is 0 Å². The monoisotopic (exact) mass is 1280 g/mol. The van der Waals surface area contributed by atoms with Gasteiger partial charge in [-0.25, -0.2) is 0 Å². The highest BCUT2D eigenvalue weighted by molar-refractivity contribution is 6.89. The van der Waals surface area contributed by atoms with Gasteiger partial charge in [-0.15, -0.1) is 35.8 Å². The highest BCUT2D eigenvalue weighted by Gasteiger charge is 2.55. The standard InChI is InChI=1S/C26H30O4Si.C24H34O4Si.C13H16O4.C13H14Si/c1-6-29-24(27)26(25(28)30-7-2)17-21-15-20(14-13-19-11-9-8-10-12-19)23(31(3,4)5)16-22(21)18-26;1-7-10-11-18-14-20-16-24(22(25)27-8-2,23(26)28-9-3)17-21(20)15-19(18)12-13-29(4,5)6;1-5-9-13(10-6-2,11(14)16-7-3)12(15)17-8-4;1-14(2,3)12-8-7-11-13-9-5-4-6-10-13/h8-12,15-16H,6-7,17-18H2,1-5H3;14-15H,7-11,16-17H2,1-6H3;1-2H,7-10H2,3-4H3;4-6,9-10H,1-3H3. The van der Waals surface area contributed by atoms with E-state index >= 15 is 0 Å². The lowest BCUT2D eigenvalue weighted by Gasteiger charge is -2.25. The molecule has 0 heterocycles. The Bertz CT molecular complexity index is 3450. The Kier molecular flexibility index (Phi) is 30.9. The highest BCUT2D eigenvalue weighted by atomic mass is 28.3. The van der Waals surface area contributed by atoms with Crippen LogP contribution in [0.1, 0.15) is 124 Å². The van der Waals surface area contributed by atoms with Crippen molar-refractivity contribution in [2.45, 2.75) is 165 Å². The minimum atomic E-state index is -1.72. The van der Waals surface area contributed by atoms with Crippen molar-refractivity contribution in [1.82, 2.24) is 0 Å². The van der Waals surface area contributed by atoms with Crippen LogP contribution in [0.25, 0.3) is 0 Å². The summed E-state index contributed by atoms with van der Waals surface area (Å²) in [5.41, 5.74) is 11.7. The fourth-order valence-electron chi connectivity index (χ4n) is 9.83. The fraction of sp³-hybridized carbons (Fsp3) is 0.447. The van der Waals surface area contributed by atoms with Crippen LogP contribution in [0, 0.1) is 87.5 Å². The van der Waals surface area contributed by atoms with Crippen molar-refractivity contribution in [2.75, 3.05) is 39.6 Å². The Hall–Kier alpha value is -8.29. The summed E-state index contributed by atoms with van der Waals surface area (Å²) in [6.07, 6.45) is 14.5. The molecule has 0 unspecified atom stereocenters. The molecule has 0 aromatic heterocycles. The maximum atomic E-state index is 12.9. The Balaban J connectivity index is 0.000000333. The van der Waals surface area contributed by atoms with Crippen LogP contribution in [0.4, 0.5) is 0 Å². The maximum Gasteiger partial charge on any atom is 0.325 e. The Morgan fingerprint density at radius 1 is 0.462 bits per heavy atom. The van der Waals surface area contributed by atoms with Crippen LogP contribution in [-0.4, -0.2) is 99.7 Å². The predicted octanol–water partition coefficient (Wildman–Crippen LogP) is 12.4. The molecule has 0 spiro atoms. The molecule has 6 rings (SSSR count). The van der Waals surface area contributed by atoms with Crippen molar-refractivity contribution in [3.8, 4) is 71.3 Å². The number of carbonyl (C=O) groups excluding carboxylic acids is 6. The second-order valence-corrected chi connectivity index (χ2v) is 39.6. The first kappa shape index (κ1) is 77.0. The van der Waals surface area contributed by atoms with E-state index < -0.39 is 76.3 Å². The molecule has 15 heteroatoms. The summed E-state index contributed by atoms with van der Waals surface area (Å²) >= 11 is 0. The lowest BCUT2D eigenvalue weighted by atomic mass is 9.81. The zero-order valence-electron chi connectivity index (χ0n) is 56.7. The molecule has 12 nitrogen and oxygen atoms in total. The summed E-state index contributed by atoms with van der Waals surface area (Å²) in [7, 11) is -4.50. The number of benzene rings is 4. The number of rotatable bonds is 18. The Labute approximate surface area is 546 Å². The number of unbranched alkanes of at least 4 members (excludes halogenated alkanes) is 1. The van der Waals surface area contributed by atoms with E-state index in [0.717, 1.165) is 63.8 Å². The number of hydrogen-bond donors (Lipinski definition) is 0. The molecular weight excluding hydrogens is 1190 g/mol. The van der Waals surface area contributed by atoms with Crippen LogP contribution in [-0.2, 0) is 89.3 Å². The maximum absolute atomic E-state index is 12.9. The minimum Gasteiger partial charge on any atom is -0.465 e. The summed E-state index contributed by atoms with van der Waals surface area (Å²) in [5.74, 6) is 20.0. The van der Waals surface area contributed by atoms with Crippen LogP contribution < -0.4 is 5.19 Å². The molecule has 0 radical (unpaired) electrons. The summed E-state index contributed by atoms with van der Waals surface area (Å²) in [6, 6.07) is 28.3. The van der Waals surface area contributed by atoms with Gasteiger partial charge in [0.25, 0.3) is 0 Å². The molecule has 0 N–H and O–H groups in total. The number of fused-ring (bicyclic) bond motifs is 2. The molecule has 0 fully saturated rings. The average molecular weight is 1280 g/mol. The van der Waals surface area contributed by atoms with Gasteiger partial charge >= 0.3 is 35.8 Å². The van der Waals surface area contributed by atoms with Gasteiger partial charge in [-0.2, -0.15) is 0 Å². The van der Waals surface area contributed by atoms with Crippen LogP contribution in [0.15, 0.2) is 84.9 Å². The SMILES string of the molecule is C#CCC(CC#C)(C(=O)OCC)C(=O)OCC.CCCCc1cc2c(cc1C#C[Si](C)(C)C)CC(C(=O)OCC)(C(=O)OCC)C2.CCOC(=O)C1(C(=O)OCC)Cc2cc(C#Cc3ccccc3)c([Si](C)(C)C)cc2C1.C[Si](C)(C)C#CC#Cc1ccccc1. The van der Waals surface area contributed by atoms with Crippen LogP contribution in [0.5, 0.6) is 0 Å². The van der Waals surface area contributed by atoms with E-state index in [0.29, 0.717) is 19.3 Å². The predicted molar refractivity (Wildman–Crippen MR) is 370 cm³/mol. The topological polar surface area (TPSA) is 158 Å². The smallest absolute Gasteiger partial charge is 0.325 e. The molecule has 0 saturated carbocycles. The lowest BCUT2D eigenvalue weighted by Crippen LogP contribution is -2.43. The van der Waals surface area contributed by atoms with E-state index in [1.165, 1.54) is 10.8 Å². The first-order chi connectivity index (χ1) is 43.0. The van der Waals surface area contributed by atoms with Gasteiger partial charge in [0.1, 0.15) is 16.1 Å². The van der Waals surface area contributed by atoms with Crippen molar-refractivity contribution in [3.05, 3.63) is 135 Å². The zero-order valence-corrected chi connectivity index (χ0v) is 59.7. The van der Waals surface area contributed by atoms with E-state index in [9.17, 15) is 28.8 Å². The van der Waals surface area contributed by atoms with Gasteiger partial charge in [0.05, 0.1) is 47.7 Å². The Morgan fingerprint density at radius 2 is 0.846 bits per heavy atom. The number of ether oxygens (including phenoxy) is 6. The molecule has 0 amide bonds. The highest BCUT2D eigenvalue weighted by Crippen LogP contribution is 2.42.